The van der Waals surface area contributed by atoms with E-state index in [1.165, 1.54) is 0 Å². The molecule has 0 radical (unpaired) electrons. The van der Waals surface area contributed by atoms with E-state index in [1.54, 1.807) is 48.7 Å². The third kappa shape index (κ3) is 6.91. The number of likely N-dealkylation sites (tertiary alicyclic amines) is 1. The Balaban J connectivity index is 1.29. The molecule has 3 aromatic rings. The van der Waals surface area contributed by atoms with Crippen LogP contribution in [0.3, 0.4) is 0 Å². The van der Waals surface area contributed by atoms with E-state index >= 15 is 0 Å². The van der Waals surface area contributed by atoms with E-state index in [4.69, 9.17) is 9.26 Å². The summed E-state index contributed by atoms with van der Waals surface area (Å²) in [6.45, 7) is 8.01. The normalized spacial score (nSPS) is 14.9. The molecule has 0 spiro atoms. The molecular formula is C27H33N5O4. The van der Waals surface area contributed by atoms with Crippen molar-refractivity contribution in [1.29, 1.82) is 0 Å². The number of anilines is 2. The van der Waals surface area contributed by atoms with Crippen LogP contribution in [0.2, 0.25) is 0 Å². The van der Waals surface area contributed by atoms with E-state index in [-0.39, 0.29) is 23.7 Å². The summed E-state index contributed by atoms with van der Waals surface area (Å²) in [7, 11) is 2.11. The number of pyridine rings is 1. The smallest absolute Gasteiger partial charge is 0.324 e. The van der Waals surface area contributed by atoms with Crippen LogP contribution in [0, 0.1) is 0 Å². The van der Waals surface area contributed by atoms with E-state index in [9.17, 15) is 9.59 Å². The fraction of sp³-hybridized carbons (Fsp3) is 0.407. The fourth-order valence-corrected chi connectivity index (χ4v) is 3.88. The lowest BCUT2D eigenvalue weighted by Gasteiger charge is -2.29. The fourth-order valence-electron chi connectivity index (χ4n) is 3.88. The minimum atomic E-state index is -0.432. The van der Waals surface area contributed by atoms with Gasteiger partial charge < -0.3 is 19.5 Å². The van der Waals surface area contributed by atoms with Gasteiger partial charge in [0.25, 0.3) is 0 Å². The molecule has 0 saturated carbocycles. The Kier molecular flexibility index (Phi) is 7.69. The highest BCUT2D eigenvalue weighted by Gasteiger charge is 2.21. The number of ketones is 1. The first kappa shape index (κ1) is 25.4. The minimum Gasteiger partial charge on any atom is -0.490 e. The van der Waals surface area contributed by atoms with Gasteiger partial charge in [-0.1, -0.05) is 38.1 Å². The van der Waals surface area contributed by atoms with Gasteiger partial charge in [0.05, 0.1) is 0 Å². The Morgan fingerprint density at radius 1 is 1.08 bits per heavy atom. The molecule has 9 nitrogen and oxygen atoms in total. The summed E-state index contributed by atoms with van der Waals surface area (Å²) in [4.78, 5) is 31.6. The summed E-state index contributed by atoms with van der Waals surface area (Å²) in [6.07, 6.45) is 3.91. The number of benzene rings is 1. The van der Waals surface area contributed by atoms with Crippen molar-refractivity contribution in [2.45, 2.75) is 51.6 Å². The van der Waals surface area contributed by atoms with Crippen LogP contribution in [0.15, 0.2) is 53.2 Å². The SMILES string of the molecule is CN1CCC(Oc2ccnc(C(=O)Cc3ccc(NC(=O)Nc4cc(C(C)(C)C)on4)cc3)c2)CC1. The third-order valence-electron chi connectivity index (χ3n) is 6.05. The van der Waals surface area contributed by atoms with E-state index in [0.717, 1.165) is 31.5 Å². The Morgan fingerprint density at radius 3 is 2.47 bits per heavy atom. The van der Waals surface area contributed by atoms with Gasteiger partial charge in [0.2, 0.25) is 0 Å². The lowest BCUT2D eigenvalue weighted by atomic mass is 9.93. The zero-order valence-electron chi connectivity index (χ0n) is 21.2. The molecule has 0 bridgehead atoms. The molecule has 1 aromatic carbocycles. The van der Waals surface area contributed by atoms with Gasteiger partial charge in [-0.25, -0.2) is 4.79 Å². The molecule has 0 atom stereocenters. The van der Waals surface area contributed by atoms with Crippen LogP contribution >= 0.6 is 0 Å². The van der Waals surface area contributed by atoms with Gasteiger partial charge in [-0.05, 0) is 43.7 Å². The molecule has 190 valence electrons. The number of carbonyl (C=O) groups is 2. The molecule has 1 aliphatic heterocycles. The number of hydrogen-bond donors (Lipinski definition) is 2. The number of Topliss-reactive ketones (excluding diaryl/α,β-unsaturated/α-hetero) is 1. The van der Waals surface area contributed by atoms with Crippen molar-refractivity contribution >= 4 is 23.3 Å². The monoisotopic (exact) mass is 491 g/mol. The van der Waals surface area contributed by atoms with Crippen molar-refractivity contribution in [3.8, 4) is 5.75 Å². The average Bonchev–Trinajstić information content (AvgIpc) is 3.31. The Bertz CT molecular complexity index is 1190. The molecule has 1 aliphatic rings. The first-order chi connectivity index (χ1) is 17.2. The van der Waals surface area contributed by atoms with Crippen LogP contribution in [0.25, 0.3) is 0 Å². The predicted molar refractivity (Wildman–Crippen MR) is 138 cm³/mol. The molecular weight excluding hydrogens is 458 g/mol. The highest BCUT2D eigenvalue weighted by Crippen LogP contribution is 2.24. The number of piperidine rings is 1. The van der Waals surface area contributed by atoms with Crippen LogP contribution in [-0.2, 0) is 11.8 Å². The molecule has 4 rings (SSSR count). The number of hydrogen-bond acceptors (Lipinski definition) is 7. The second-order valence-corrected chi connectivity index (χ2v) is 10.2. The van der Waals surface area contributed by atoms with Gasteiger partial charge in [-0.3, -0.25) is 15.1 Å². The molecule has 2 amide bonds. The van der Waals surface area contributed by atoms with E-state index in [1.807, 2.05) is 20.8 Å². The maximum Gasteiger partial charge on any atom is 0.324 e. The Hall–Kier alpha value is -3.72. The number of urea groups is 1. The van der Waals surface area contributed by atoms with Crippen LogP contribution in [0.5, 0.6) is 5.75 Å². The van der Waals surface area contributed by atoms with Gasteiger partial charge in [0.15, 0.2) is 11.6 Å². The number of nitrogens with zero attached hydrogens (tertiary/aromatic N) is 3. The Morgan fingerprint density at radius 2 is 1.81 bits per heavy atom. The maximum atomic E-state index is 12.8. The van der Waals surface area contributed by atoms with E-state index in [0.29, 0.717) is 28.7 Å². The summed E-state index contributed by atoms with van der Waals surface area (Å²) in [5.74, 6) is 1.60. The maximum absolute atomic E-state index is 12.8. The van der Waals surface area contributed by atoms with Crippen LogP contribution in [0.1, 0.15) is 55.4 Å². The van der Waals surface area contributed by atoms with Crippen LogP contribution in [0.4, 0.5) is 16.3 Å². The number of ether oxygens (including phenoxy) is 1. The second kappa shape index (κ2) is 10.9. The van der Waals surface area contributed by atoms with Crippen LogP contribution < -0.4 is 15.4 Å². The van der Waals surface area contributed by atoms with Crippen molar-refractivity contribution in [3.63, 3.8) is 0 Å². The number of nitrogens with one attached hydrogen (secondary N) is 2. The van der Waals surface area contributed by atoms with Crippen molar-refractivity contribution in [3.05, 3.63) is 65.7 Å². The zero-order chi connectivity index (χ0) is 25.7. The van der Waals surface area contributed by atoms with E-state index < -0.39 is 6.03 Å². The average molecular weight is 492 g/mol. The molecule has 1 saturated heterocycles. The summed E-state index contributed by atoms with van der Waals surface area (Å²) in [5, 5.41) is 9.29. The molecule has 2 aromatic heterocycles. The first-order valence-electron chi connectivity index (χ1n) is 12.1. The van der Waals surface area contributed by atoms with Gasteiger partial charge in [-0.15, -0.1) is 0 Å². The summed E-state index contributed by atoms with van der Waals surface area (Å²) < 4.78 is 11.4. The first-order valence-corrected chi connectivity index (χ1v) is 12.1. The van der Waals surface area contributed by atoms with E-state index in [2.05, 4.69) is 32.7 Å². The largest absolute Gasteiger partial charge is 0.490 e. The van der Waals surface area contributed by atoms with Gasteiger partial charge in [0.1, 0.15) is 23.3 Å². The Labute approximate surface area is 211 Å². The van der Waals surface area contributed by atoms with Crippen molar-refractivity contribution in [2.24, 2.45) is 0 Å². The summed E-state index contributed by atoms with van der Waals surface area (Å²) in [5.41, 5.74) is 1.59. The highest BCUT2D eigenvalue weighted by atomic mass is 16.5. The molecule has 36 heavy (non-hydrogen) atoms. The lowest BCUT2D eigenvalue weighted by molar-refractivity contribution is 0.0983. The van der Waals surface area contributed by atoms with Gasteiger partial charge >= 0.3 is 6.03 Å². The number of amides is 2. The molecule has 1 fully saturated rings. The van der Waals surface area contributed by atoms with Crippen molar-refractivity contribution in [2.75, 3.05) is 30.8 Å². The van der Waals surface area contributed by atoms with Crippen molar-refractivity contribution < 1.29 is 18.8 Å². The number of rotatable bonds is 7. The predicted octanol–water partition coefficient (Wildman–Crippen LogP) is 4.91. The zero-order valence-corrected chi connectivity index (χ0v) is 21.2. The number of carbonyl (C=O) groups excluding carboxylic acids is 2. The highest BCUT2D eigenvalue weighted by molar-refractivity contribution is 5.99. The van der Waals surface area contributed by atoms with Crippen molar-refractivity contribution in [1.82, 2.24) is 15.0 Å². The van der Waals surface area contributed by atoms with Gasteiger partial charge in [0, 0.05) is 48.9 Å². The molecule has 0 unspecified atom stereocenters. The molecule has 9 heteroatoms. The lowest BCUT2D eigenvalue weighted by Crippen LogP contribution is -2.35. The number of aromatic nitrogens is 2. The summed E-state index contributed by atoms with van der Waals surface area (Å²) >= 11 is 0. The topological polar surface area (TPSA) is 110 Å². The molecule has 2 N–H and O–H groups in total. The summed E-state index contributed by atoms with van der Waals surface area (Å²) in [6, 6.07) is 11.9. The molecule has 3 heterocycles. The standard InChI is InChI=1S/C27H33N5O4/c1-27(2,3)24-17-25(31-36-24)30-26(34)29-19-7-5-18(6-8-19)15-23(33)22-16-21(9-12-28-22)35-20-10-13-32(4)14-11-20/h5-9,12,16-17,20H,10-11,13-15H2,1-4H3,(H2,29,30,31,34). The van der Waals surface area contributed by atoms with Gasteiger partial charge in [-0.2, -0.15) is 0 Å². The quantitative estimate of drug-likeness (QED) is 0.452. The van der Waals surface area contributed by atoms with Crippen LogP contribution in [-0.4, -0.2) is 53.1 Å². The minimum absolute atomic E-state index is 0.0945. The third-order valence-corrected chi connectivity index (χ3v) is 6.05. The second-order valence-electron chi connectivity index (χ2n) is 10.2. The molecule has 0 aliphatic carbocycles.